The van der Waals surface area contributed by atoms with Crippen molar-refractivity contribution in [2.45, 2.75) is 19.4 Å². The molecule has 0 radical (unpaired) electrons. The average molecular weight is 195 g/mol. The van der Waals surface area contributed by atoms with Gasteiger partial charge in [-0.05, 0) is 31.5 Å². The van der Waals surface area contributed by atoms with Crippen molar-refractivity contribution < 1.29 is 9.84 Å². The zero-order valence-electron chi connectivity index (χ0n) is 8.66. The van der Waals surface area contributed by atoms with Crippen molar-refractivity contribution in [1.29, 1.82) is 0 Å². The molecule has 0 aromatic heterocycles. The Labute approximate surface area is 84.5 Å². The summed E-state index contributed by atoms with van der Waals surface area (Å²) in [6, 6.07) is 5.75. The summed E-state index contributed by atoms with van der Waals surface area (Å²) in [6.45, 7) is 2.46. The van der Waals surface area contributed by atoms with E-state index in [0.717, 1.165) is 16.9 Å². The summed E-state index contributed by atoms with van der Waals surface area (Å²) in [5.41, 5.74) is 7.31. The van der Waals surface area contributed by atoms with Gasteiger partial charge in [-0.2, -0.15) is 0 Å². The molecule has 0 saturated heterocycles. The first-order chi connectivity index (χ1) is 6.69. The van der Waals surface area contributed by atoms with Gasteiger partial charge in [0.2, 0.25) is 0 Å². The Hall–Kier alpha value is -1.06. The van der Waals surface area contributed by atoms with Gasteiger partial charge in [-0.25, -0.2) is 0 Å². The largest absolute Gasteiger partial charge is 0.496 e. The molecule has 0 spiro atoms. The van der Waals surface area contributed by atoms with Crippen LogP contribution >= 0.6 is 0 Å². The lowest BCUT2D eigenvalue weighted by molar-refractivity contribution is 0.166. The van der Waals surface area contributed by atoms with E-state index in [1.807, 2.05) is 25.1 Å². The molecule has 0 bridgehead atoms. The monoisotopic (exact) mass is 195 g/mol. The summed E-state index contributed by atoms with van der Waals surface area (Å²) >= 11 is 0. The van der Waals surface area contributed by atoms with Crippen LogP contribution in [0.4, 0.5) is 0 Å². The Morgan fingerprint density at radius 3 is 2.79 bits per heavy atom. The van der Waals surface area contributed by atoms with Crippen molar-refractivity contribution in [1.82, 2.24) is 0 Å². The van der Waals surface area contributed by atoms with Crippen molar-refractivity contribution in [3.8, 4) is 5.75 Å². The number of aliphatic hydroxyl groups is 1. The van der Waals surface area contributed by atoms with Crippen LogP contribution in [-0.2, 0) is 0 Å². The van der Waals surface area contributed by atoms with Crippen LogP contribution in [0.25, 0.3) is 0 Å². The molecule has 0 aliphatic rings. The van der Waals surface area contributed by atoms with Gasteiger partial charge in [-0.15, -0.1) is 0 Å². The number of ether oxygens (including phenoxy) is 1. The predicted molar refractivity (Wildman–Crippen MR) is 56.4 cm³/mol. The van der Waals surface area contributed by atoms with E-state index in [4.69, 9.17) is 10.5 Å². The third-order valence-electron chi connectivity index (χ3n) is 2.19. The lowest BCUT2D eigenvalue weighted by Crippen LogP contribution is -2.07. The van der Waals surface area contributed by atoms with E-state index < -0.39 is 6.10 Å². The van der Waals surface area contributed by atoms with Crippen LogP contribution < -0.4 is 10.5 Å². The van der Waals surface area contributed by atoms with Gasteiger partial charge in [0.15, 0.2) is 0 Å². The highest BCUT2D eigenvalue weighted by atomic mass is 16.5. The van der Waals surface area contributed by atoms with Crippen LogP contribution in [0.1, 0.15) is 23.7 Å². The molecule has 3 heteroatoms. The van der Waals surface area contributed by atoms with Gasteiger partial charge < -0.3 is 15.6 Å². The van der Waals surface area contributed by atoms with Gasteiger partial charge >= 0.3 is 0 Å². The number of rotatable bonds is 4. The highest BCUT2D eigenvalue weighted by molar-refractivity contribution is 5.38. The molecule has 1 aromatic carbocycles. The Balaban J connectivity index is 2.95. The molecule has 1 rings (SSSR count). The number of nitrogens with two attached hydrogens (primary N) is 1. The number of hydrogen-bond donors (Lipinski definition) is 2. The number of hydrogen-bond acceptors (Lipinski definition) is 3. The zero-order valence-corrected chi connectivity index (χ0v) is 8.66. The van der Waals surface area contributed by atoms with Crippen molar-refractivity contribution in [3.63, 3.8) is 0 Å². The maximum absolute atomic E-state index is 9.76. The molecule has 0 heterocycles. The summed E-state index contributed by atoms with van der Waals surface area (Å²) < 4.78 is 5.19. The minimum absolute atomic E-state index is 0.470. The normalized spacial score (nSPS) is 12.6. The van der Waals surface area contributed by atoms with Crippen LogP contribution in [0.3, 0.4) is 0 Å². The van der Waals surface area contributed by atoms with Crippen LogP contribution in [0.5, 0.6) is 5.75 Å². The molecule has 0 unspecified atom stereocenters. The lowest BCUT2D eigenvalue weighted by atomic mass is 10.0. The van der Waals surface area contributed by atoms with E-state index in [-0.39, 0.29) is 0 Å². The predicted octanol–water partition coefficient (Wildman–Crippen LogP) is 1.39. The molecule has 78 valence electrons. The number of aliphatic hydroxyl groups excluding tert-OH is 1. The minimum Gasteiger partial charge on any atom is -0.496 e. The third-order valence-corrected chi connectivity index (χ3v) is 2.19. The van der Waals surface area contributed by atoms with E-state index in [0.29, 0.717) is 13.0 Å². The quantitative estimate of drug-likeness (QED) is 0.763. The van der Waals surface area contributed by atoms with Gasteiger partial charge in [-0.1, -0.05) is 12.1 Å². The summed E-state index contributed by atoms with van der Waals surface area (Å²) in [4.78, 5) is 0. The van der Waals surface area contributed by atoms with E-state index in [2.05, 4.69) is 0 Å². The molecule has 14 heavy (non-hydrogen) atoms. The summed E-state index contributed by atoms with van der Waals surface area (Å²) in [5.74, 6) is 0.728. The molecule has 0 aliphatic carbocycles. The van der Waals surface area contributed by atoms with E-state index in [9.17, 15) is 5.11 Å². The number of benzene rings is 1. The molecule has 0 saturated carbocycles. The van der Waals surface area contributed by atoms with Crippen molar-refractivity contribution in [2.75, 3.05) is 13.7 Å². The Kier molecular flexibility index (Phi) is 3.92. The Morgan fingerprint density at radius 1 is 1.50 bits per heavy atom. The third kappa shape index (κ3) is 2.47. The maximum atomic E-state index is 9.76. The Bertz CT molecular complexity index is 299. The second-order valence-electron chi connectivity index (χ2n) is 3.34. The van der Waals surface area contributed by atoms with Gasteiger partial charge in [0.25, 0.3) is 0 Å². The molecule has 1 aromatic rings. The van der Waals surface area contributed by atoms with Gasteiger partial charge in [-0.3, -0.25) is 0 Å². The van der Waals surface area contributed by atoms with Gasteiger partial charge in [0.1, 0.15) is 5.75 Å². The fraction of sp³-hybridized carbons (Fsp3) is 0.455. The first-order valence-electron chi connectivity index (χ1n) is 4.71. The standard InChI is InChI=1S/C11H17NO2/c1-8-3-4-9(10(13)5-6-12)11(7-8)14-2/h3-4,7,10,13H,5-6,12H2,1-2H3/t10-/m1/s1. The van der Waals surface area contributed by atoms with Crippen molar-refractivity contribution in [2.24, 2.45) is 5.73 Å². The van der Waals surface area contributed by atoms with E-state index in [1.54, 1.807) is 7.11 Å². The van der Waals surface area contributed by atoms with Crippen LogP contribution in [-0.4, -0.2) is 18.8 Å². The highest BCUT2D eigenvalue weighted by Crippen LogP contribution is 2.27. The number of methoxy groups -OCH3 is 1. The Morgan fingerprint density at radius 2 is 2.21 bits per heavy atom. The second-order valence-corrected chi connectivity index (χ2v) is 3.34. The fourth-order valence-corrected chi connectivity index (χ4v) is 1.41. The lowest BCUT2D eigenvalue weighted by Gasteiger charge is -2.14. The molecule has 0 fully saturated rings. The van der Waals surface area contributed by atoms with Crippen LogP contribution in [0.15, 0.2) is 18.2 Å². The van der Waals surface area contributed by atoms with Crippen molar-refractivity contribution in [3.05, 3.63) is 29.3 Å². The topological polar surface area (TPSA) is 55.5 Å². The highest BCUT2D eigenvalue weighted by Gasteiger charge is 2.11. The maximum Gasteiger partial charge on any atom is 0.124 e. The molecule has 3 N–H and O–H groups in total. The van der Waals surface area contributed by atoms with E-state index in [1.165, 1.54) is 0 Å². The smallest absolute Gasteiger partial charge is 0.124 e. The first kappa shape index (κ1) is 11.0. The van der Waals surface area contributed by atoms with Crippen LogP contribution in [0.2, 0.25) is 0 Å². The molecule has 1 atom stereocenters. The number of aryl methyl sites for hydroxylation is 1. The van der Waals surface area contributed by atoms with Gasteiger partial charge in [0.05, 0.1) is 13.2 Å². The molecular weight excluding hydrogens is 178 g/mol. The molecule has 0 aliphatic heterocycles. The second kappa shape index (κ2) is 4.98. The van der Waals surface area contributed by atoms with Gasteiger partial charge in [0, 0.05) is 5.56 Å². The zero-order chi connectivity index (χ0) is 10.6. The average Bonchev–Trinajstić information content (AvgIpc) is 2.17. The summed E-state index contributed by atoms with van der Waals surface area (Å²) in [5, 5.41) is 9.76. The summed E-state index contributed by atoms with van der Waals surface area (Å²) in [7, 11) is 1.60. The molecular formula is C11H17NO2. The van der Waals surface area contributed by atoms with E-state index >= 15 is 0 Å². The van der Waals surface area contributed by atoms with Crippen molar-refractivity contribution >= 4 is 0 Å². The van der Waals surface area contributed by atoms with Crippen LogP contribution in [0, 0.1) is 6.92 Å². The SMILES string of the molecule is COc1cc(C)ccc1[C@H](O)CCN. The molecule has 0 amide bonds. The fourth-order valence-electron chi connectivity index (χ4n) is 1.41. The first-order valence-corrected chi connectivity index (χ1v) is 4.71. The molecule has 3 nitrogen and oxygen atoms in total. The minimum atomic E-state index is -0.532. The summed E-state index contributed by atoms with van der Waals surface area (Å²) in [6.07, 6.45) is 0.0231.